The lowest BCUT2D eigenvalue weighted by molar-refractivity contribution is 0.208. The summed E-state index contributed by atoms with van der Waals surface area (Å²) in [5, 5.41) is 7.56. The normalized spacial score (nSPS) is 20.8. The number of nitrogens with zero attached hydrogens (tertiary/aromatic N) is 1. The van der Waals surface area contributed by atoms with Crippen LogP contribution in [0.1, 0.15) is 44.7 Å². The second kappa shape index (κ2) is 6.01. The molecule has 2 rings (SSSR count). The van der Waals surface area contributed by atoms with Crippen LogP contribution in [0.15, 0.2) is 18.2 Å². The molecule has 3 N–H and O–H groups in total. The molecule has 3 heteroatoms. The monoisotopic (exact) mass is 247 g/mol. The van der Waals surface area contributed by atoms with E-state index in [1.165, 1.54) is 44.1 Å². The topological polar surface area (TPSA) is 53.1 Å². The minimum atomic E-state index is 0. The van der Waals surface area contributed by atoms with E-state index in [9.17, 15) is 0 Å². The molecule has 0 saturated carbocycles. The third-order valence-electron chi connectivity index (χ3n) is 3.80. The van der Waals surface area contributed by atoms with E-state index in [0.717, 1.165) is 17.8 Å². The van der Waals surface area contributed by atoms with Crippen molar-refractivity contribution in [2.75, 3.05) is 25.4 Å². The zero-order valence-electron chi connectivity index (χ0n) is 11.2. The molecule has 0 aliphatic carbocycles. The van der Waals surface area contributed by atoms with Gasteiger partial charge in [-0.3, -0.25) is 0 Å². The molecule has 0 radical (unpaired) electrons. The zero-order valence-corrected chi connectivity index (χ0v) is 11.2. The second-order valence-electron chi connectivity index (χ2n) is 5.13. The predicted molar refractivity (Wildman–Crippen MR) is 79.6 cm³/mol. The quantitative estimate of drug-likeness (QED) is 0.634. The van der Waals surface area contributed by atoms with Crippen molar-refractivity contribution in [1.82, 2.24) is 4.90 Å². The first-order chi connectivity index (χ1) is 8.76. The second-order valence-corrected chi connectivity index (χ2v) is 5.13. The van der Waals surface area contributed by atoms with Gasteiger partial charge in [0.2, 0.25) is 0 Å². The molecule has 1 unspecified atom stereocenters. The molecule has 1 aromatic rings. The highest BCUT2D eigenvalue weighted by Gasteiger charge is 2.22. The summed E-state index contributed by atoms with van der Waals surface area (Å²) >= 11 is 0. The van der Waals surface area contributed by atoms with Crippen LogP contribution in [0.5, 0.6) is 0 Å². The Morgan fingerprint density at radius 2 is 2.39 bits per heavy atom. The highest BCUT2D eigenvalue weighted by Crippen LogP contribution is 2.30. The lowest BCUT2D eigenvalue weighted by atomic mass is 9.87. The van der Waals surface area contributed by atoms with E-state index >= 15 is 0 Å². The van der Waals surface area contributed by atoms with Crippen LogP contribution in [-0.2, 0) is 0 Å². The largest absolute Gasteiger partial charge is 0.398 e. The number of piperidine rings is 1. The summed E-state index contributed by atoms with van der Waals surface area (Å²) < 4.78 is 0. The molecule has 100 valence electrons. The van der Waals surface area contributed by atoms with Crippen molar-refractivity contribution in [2.45, 2.75) is 32.1 Å². The maximum atomic E-state index is 7.56. The van der Waals surface area contributed by atoms with Crippen molar-refractivity contribution in [3.05, 3.63) is 29.3 Å². The van der Waals surface area contributed by atoms with Crippen LogP contribution in [0.3, 0.4) is 0 Å². The van der Waals surface area contributed by atoms with Gasteiger partial charge < -0.3 is 16.0 Å². The summed E-state index contributed by atoms with van der Waals surface area (Å²) in [6.07, 6.45) is 5.08. The molecule has 3 nitrogen and oxygen atoms in total. The van der Waals surface area contributed by atoms with Crippen molar-refractivity contribution in [1.29, 1.82) is 5.41 Å². The maximum absolute atomic E-state index is 7.56. The first-order valence-electron chi connectivity index (χ1n) is 6.87. The number of likely N-dealkylation sites (tertiary alicyclic amines) is 1. The van der Waals surface area contributed by atoms with E-state index in [4.69, 9.17) is 11.1 Å². The summed E-state index contributed by atoms with van der Waals surface area (Å²) in [4.78, 5) is 2.53. The fourth-order valence-corrected chi connectivity index (χ4v) is 2.95. The van der Waals surface area contributed by atoms with Gasteiger partial charge in [-0.25, -0.2) is 0 Å². The van der Waals surface area contributed by atoms with E-state index in [0.29, 0.717) is 5.92 Å². The van der Waals surface area contributed by atoms with Crippen LogP contribution in [0.25, 0.3) is 0 Å². The number of nitrogens with one attached hydrogen (secondary N) is 1. The lowest BCUT2D eigenvalue weighted by Gasteiger charge is -2.33. The van der Waals surface area contributed by atoms with Gasteiger partial charge in [0.1, 0.15) is 0 Å². The molecule has 1 aromatic carbocycles. The van der Waals surface area contributed by atoms with Crippen LogP contribution in [0.2, 0.25) is 0 Å². The average molecular weight is 247 g/mol. The zero-order chi connectivity index (χ0) is 13.0. The number of hydrogen-bond donors (Lipinski definition) is 2. The molecule has 1 heterocycles. The molecule has 0 spiro atoms. The highest BCUT2D eigenvalue weighted by molar-refractivity contribution is 5.87. The predicted octanol–water partition coefficient (Wildman–Crippen LogP) is 3.10. The van der Waals surface area contributed by atoms with Crippen LogP contribution >= 0.6 is 0 Å². The molecule has 18 heavy (non-hydrogen) atoms. The summed E-state index contributed by atoms with van der Waals surface area (Å²) in [6.45, 7) is 5.73. The minimum absolute atomic E-state index is 0. The molecular formula is C15H25N3. The van der Waals surface area contributed by atoms with Crippen LogP contribution in [-0.4, -0.2) is 30.7 Å². The molecule has 1 saturated heterocycles. The highest BCUT2D eigenvalue weighted by atomic mass is 15.1. The van der Waals surface area contributed by atoms with E-state index in [1.807, 2.05) is 12.1 Å². The Hall–Kier alpha value is -1.35. The van der Waals surface area contributed by atoms with E-state index in [1.54, 1.807) is 0 Å². The van der Waals surface area contributed by atoms with Crippen LogP contribution in [0.4, 0.5) is 5.69 Å². The SMILES string of the molecule is CCCN1CCCC(c2cccc(N)c2C=N)C1.[HH]. The third kappa shape index (κ3) is 2.72. The molecule has 1 fully saturated rings. The van der Waals surface area contributed by atoms with Gasteiger partial charge in [-0.2, -0.15) is 0 Å². The maximum Gasteiger partial charge on any atom is 0.0405 e. The molecule has 1 aliphatic rings. The van der Waals surface area contributed by atoms with Gasteiger partial charge in [-0.05, 0) is 49.9 Å². The van der Waals surface area contributed by atoms with Crippen molar-refractivity contribution >= 4 is 11.9 Å². The molecule has 1 aliphatic heterocycles. The number of anilines is 1. The van der Waals surface area contributed by atoms with Crippen LogP contribution < -0.4 is 5.73 Å². The first kappa shape index (κ1) is 13.1. The average Bonchev–Trinajstić information content (AvgIpc) is 2.39. The van der Waals surface area contributed by atoms with E-state index < -0.39 is 0 Å². The number of benzene rings is 1. The Morgan fingerprint density at radius 1 is 1.56 bits per heavy atom. The Bertz CT molecular complexity index is 418. The number of rotatable bonds is 4. The van der Waals surface area contributed by atoms with Crippen molar-refractivity contribution in [3.63, 3.8) is 0 Å². The number of hydrogen-bond acceptors (Lipinski definition) is 3. The van der Waals surface area contributed by atoms with Gasteiger partial charge in [0.15, 0.2) is 0 Å². The van der Waals surface area contributed by atoms with Gasteiger partial charge in [-0.15, -0.1) is 0 Å². The fourth-order valence-electron chi connectivity index (χ4n) is 2.95. The third-order valence-corrected chi connectivity index (χ3v) is 3.80. The Kier molecular flexibility index (Phi) is 4.37. The molecule has 0 amide bonds. The van der Waals surface area contributed by atoms with Gasteiger partial charge in [0.25, 0.3) is 0 Å². The van der Waals surface area contributed by atoms with Gasteiger partial charge in [0.05, 0.1) is 0 Å². The molecule has 0 bridgehead atoms. The van der Waals surface area contributed by atoms with Crippen molar-refractivity contribution < 1.29 is 1.43 Å². The molecule has 1 atom stereocenters. The van der Waals surface area contributed by atoms with E-state index in [-0.39, 0.29) is 1.43 Å². The van der Waals surface area contributed by atoms with Gasteiger partial charge in [0, 0.05) is 25.4 Å². The Balaban J connectivity index is 0.00000180. The summed E-state index contributed by atoms with van der Waals surface area (Å²) in [5.74, 6) is 0.533. The standard InChI is InChI=1S/C15H23N3.H2/c1-2-8-18-9-4-5-12(11-18)13-6-3-7-15(17)14(13)10-16;/h3,6-7,10,12,16H,2,4-5,8-9,11,17H2,1H3;1H. The number of nitrogens with two attached hydrogens (primary N) is 1. The van der Waals surface area contributed by atoms with Crippen LogP contribution in [0, 0.1) is 5.41 Å². The summed E-state index contributed by atoms with van der Waals surface area (Å²) in [6, 6.07) is 6.03. The van der Waals surface area contributed by atoms with Gasteiger partial charge >= 0.3 is 0 Å². The Labute approximate surface area is 111 Å². The molecule has 0 aromatic heterocycles. The summed E-state index contributed by atoms with van der Waals surface area (Å²) in [7, 11) is 0. The minimum Gasteiger partial charge on any atom is -0.398 e. The van der Waals surface area contributed by atoms with Crippen molar-refractivity contribution in [3.8, 4) is 0 Å². The fraction of sp³-hybridized carbons (Fsp3) is 0.533. The molecular weight excluding hydrogens is 222 g/mol. The first-order valence-corrected chi connectivity index (χ1v) is 6.87. The smallest absolute Gasteiger partial charge is 0.0405 e. The summed E-state index contributed by atoms with van der Waals surface area (Å²) in [5.41, 5.74) is 8.87. The number of nitrogen functional groups attached to an aromatic ring is 1. The van der Waals surface area contributed by atoms with Crippen molar-refractivity contribution in [2.24, 2.45) is 0 Å². The van der Waals surface area contributed by atoms with Gasteiger partial charge in [-0.1, -0.05) is 19.1 Å². The lowest BCUT2D eigenvalue weighted by Crippen LogP contribution is -2.35. The van der Waals surface area contributed by atoms with E-state index in [2.05, 4.69) is 17.9 Å². The Morgan fingerprint density at radius 3 is 3.11 bits per heavy atom.